The van der Waals surface area contributed by atoms with Crippen molar-refractivity contribution >= 4 is 5.78 Å². The van der Waals surface area contributed by atoms with E-state index in [1.54, 1.807) is 0 Å². The maximum Gasteiger partial charge on any atom is 0.165 e. The fourth-order valence-corrected chi connectivity index (χ4v) is 1.44. The standard InChI is InChI=1S/C14H11O.Rh/c15-14(13-9-5-2-6-10-13)11-12-7-3-1-4-8-12;/h1-7,9-10H,11H2;/q-1;. The Morgan fingerprint density at radius 1 is 1.00 bits per heavy atom. The molecule has 2 aromatic rings. The van der Waals surface area contributed by atoms with Crippen LogP contribution in [-0.2, 0) is 25.9 Å². The van der Waals surface area contributed by atoms with Crippen LogP contribution in [0, 0.1) is 6.07 Å². The van der Waals surface area contributed by atoms with Gasteiger partial charge in [0, 0.05) is 31.5 Å². The summed E-state index contributed by atoms with van der Waals surface area (Å²) >= 11 is 0. The topological polar surface area (TPSA) is 17.1 Å². The summed E-state index contributed by atoms with van der Waals surface area (Å²) in [5.41, 5.74) is 1.70. The second kappa shape index (κ2) is 6.35. The average Bonchev–Trinajstić information content (AvgIpc) is 2.31. The maximum atomic E-state index is 11.8. The van der Waals surface area contributed by atoms with Gasteiger partial charge in [0.1, 0.15) is 0 Å². The van der Waals surface area contributed by atoms with Crippen LogP contribution >= 0.6 is 0 Å². The van der Waals surface area contributed by atoms with E-state index < -0.39 is 0 Å². The number of carbonyl (C=O) groups is 1. The van der Waals surface area contributed by atoms with Gasteiger partial charge in [-0.2, -0.15) is 35.9 Å². The molecule has 0 aliphatic rings. The zero-order valence-electron chi connectivity index (χ0n) is 8.64. The van der Waals surface area contributed by atoms with Crippen molar-refractivity contribution in [3.8, 4) is 0 Å². The molecule has 16 heavy (non-hydrogen) atoms. The van der Waals surface area contributed by atoms with Gasteiger partial charge >= 0.3 is 0 Å². The Labute approximate surface area is 108 Å². The summed E-state index contributed by atoms with van der Waals surface area (Å²) in [6.45, 7) is 0. The largest absolute Gasteiger partial charge is 0.294 e. The van der Waals surface area contributed by atoms with Crippen LogP contribution in [0.5, 0.6) is 0 Å². The molecule has 0 atom stereocenters. The summed E-state index contributed by atoms with van der Waals surface area (Å²) in [7, 11) is 0. The number of ketones is 1. The van der Waals surface area contributed by atoms with Crippen LogP contribution in [0.25, 0.3) is 0 Å². The number of benzene rings is 2. The molecule has 83 valence electrons. The first-order valence-electron chi connectivity index (χ1n) is 4.90. The molecule has 0 amide bonds. The van der Waals surface area contributed by atoms with Crippen LogP contribution < -0.4 is 0 Å². The smallest absolute Gasteiger partial charge is 0.165 e. The number of carbonyl (C=O) groups excluding carboxylic acids is 1. The van der Waals surface area contributed by atoms with Crippen LogP contribution in [0.2, 0.25) is 0 Å². The van der Waals surface area contributed by atoms with Gasteiger partial charge < -0.3 is 0 Å². The third-order valence-corrected chi connectivity index (χ3v) is 2.22. The van der Waals surface area contributed by atoms with Gasteiger partial charge in [0.05, 0.1) is 0 Å². The maximum absolute atomic E-state index is 11.8. The molecule has 0 aliphatic carbocycles. The van der Waals surface area contributed by atoms with Gasteiger partial charge in [-0.15, -0.1) is 0 Å². The molecule has 2 rings (SSSR count). The first-order chi connectivity index (χ1) is 7.36. The Morgan fingerprint density at radius 2 is 1.69 bits per heavy atom. The van der Waals surface area contributed by atoms with E-state index in [0.717, 1.165) is 11.1 Å². The van der Waals surface area contributed by atoms with E-state index >= 15 is 0 Å². The first kappa shape index (κ1) is 12.8. The molecule has 2 aromatic carbocycles. The SMILES string of the molecule is O=C(Cc1[c-]cccc1)c1ccccc1.[Rh]. The van der Waals surface area contributed by atoms with E-state index in [-0.39, 0.29) is 25.3 Å². The summed E-state index contributed by atoms with van der Waals surface area (Å²) in [5.74, 6) is 0.137. The van der Waals surface area contributed by atoms with Crippen molar-refractivity contribution < 1.29 is 24.3 Å². The van der Waals surface area contributed by atoms with Gasteiger partial charge in [-0.25, -0.2) is 0 Å². The molecule has 0 heterocycles. The molecule has 0 saturated carbocycles. The van der Waals surface area contributed by atoms with E-state index in [2.05, 4.69) is 6.07 Å². The summed E-state index contributed by atoms with van der Waals surface area (Å²) in [6.07, 6.45) is 0.421. The molecule has 0 fully saturated rings. The zero-order valence-corrected chi connectivity index (χ0v) is 10.3. The molecule has 1 nitrogen and oxygen atoms in total. The molecule has 0 aromatic heterocycles. The molecule has 0 saturated heterocycles. The minimum atomic E-state index is 0. The predicted molar refractivity (Wildman–Crippen MR) is 59.8 cm³/mol. The Hall–Kier alpha value is -1.27. The number of hydrogen-bond acceptors (Lipinski definition) is 1. The Morgan fingerprint density at radius 3 is 2.31 bits per heavy atom. The normalized spacial score (nSPS) is 9.25. The van der Waals surface area contributed by atoms with Gasteiger partial charge in [0.2, 0.25) is 0 Å². The fourth-order valence-electron chi connectivity index (χ4n) is 1.44. The monoisotopic (exact) mass is 298 g/mol. The summed E-state index contributed by atoms with van der Waals surface area (Å²) in [4.78, 5) is 11.8. The molecular weight excluding hydrogens is 287 g/mol. The van der Waals surface area contributed by atoms with E-state index in [1.807, 2.05) is 54.6 Å². The van der Waals surface area contributed by atoms with Crippen molar-refractivity contribution in [2.75, 3.05) is 0 Å². The van der Waals surface area contributed by atoms with Crippen molar-refractivity contribution in [3.63, 3.8) is 0 Å². The van der Waals surface area contributed by atoms with Crippen LogP contribution in [0.4, 0.5) is 0 Å². The van der Waals surface area contributed by atoms with Crippen molar-refractivity contribution in [1.29, 1.82) is 0 Å². The molecule has 0 bridgehead atoms. The van der Waals surface area contributed by atoms with Crippen molar-refractivity contribution in [2.45, 2.75) is 6.42 Å². The molecule has 0 unspecified atom stereocenters. The number of rotatable bonds is 3. The van der Waals surface area contributed by atoms with Crippen molar-refractivity contribution in [1.82, 2.24) is 0 Å². The Balaban J connectivity index is 0.00000128. The van der Waals surface area contributed by atoms with Crippen molar-refractivity contribution in [3.05, 3.63) is 71.8 Å². The molecular formula is C14H11ORh-. The average molecular weight is 298 g/mol. The fraction of sp³-hybridized carbons (Fsp3) is 0.0714. The van der Waals surface area contributed by atoms with Gasteiger partial charge in [-0.1, -0.05) is 30.3 Å². The minimum absolute atomic E-state index is 0. The number of hydrogen-bond donors (Lipinski definition) is 0. The van der Waals surface area contributed by atoms with E-state index in [9.17, 15) is 4.79 Å². The molecule has 0 spiro atoms. The third-order valence-electron chi connectivity index (χ3n) is 2.22. The van der Waals surface area contributed by atoms with Crippen LogP contribution in [0.1, 0.15) is 15.9 Å². The van der Waals surface area contributed by atoms with Crippen LogP contribution in [-0.4, -0.2) is 5.78 Å². The van der Waals surface area contributed by atoms with Gasteiger partial charge in [0.25, 0.3) is 0 Å². The van der Waals surface area contributed by atoms with Crippen LogP contribution in [0.3, 0.4) is 0 Å². The summed E-state index contributed by atoms with van der Waals surface area (Å²) in [6, 6.07) is 20.0. The Bertz CT molecular complexity index is 437. The quantitative estimate of drug-likeness (QED) is 0.484. The molecule has 2 heteroatoms. The molecule has 1 radical (unpaired) electrons. The summed E-state index contributed by atoms with van der Waals surface area (Å²) < 4.78 is 0. The minimum Gasteiger partial charge on any atom is -0.294 e. The second-order valence-corrected chi connectivity index (χ2v) is 3.35. The predicted octanol–water partition coefficient (Wildman–Crippen LogP) is 2.91. The third kappa shape index (κ3) is 3.39. The van der Waals surface area contributed by atoms with E-state index in [0.29, 0.717) is 6.42 Å². The van der Waals surface area contributed by atoms with E-state index in [4.69, 9.17) is 0 Å². The van der Waals surface area contributed by atoms with Crippen LogP contribution in [0.15, 0.2) is 54.6 Å². The van der Waals surface area contributed by atoms with Gasteiger partial charge in [-0.3, -0.25) is 4.79 Å². The van der Waals surface area contributed by atoms with Gasteiger partial charge in [-0.05, 0) is 0 Å². The Kier molecular flexibility index (Phi) is 5.08. The molecule has 0 aliphatic heterocycles. The zero-order chi connectivity index (χ0) is 10.5. The van der Waals surface area contributed by atoms with Crippen molar-refractivity contribution in [2.24, 2.45) is 0 Å². The second-order valence-electron chi connectivity index (χ2n) is 3.35. The summed E-state index contributed by atoms with van der Waals surface area (Å²) in [5, 5.41) is 0. The van der Waals surface area contributed by atoms with Gasteiger partial charge in [0.15, 0.2) is 5.78 Å². The molecule has 0 N–H and O–H groups in total. The first-order valence-corrected chi connectivity index (χ1v) is 4.90. The van der Waals surface area contributed by atoms with E-state index in [1.165, 1.54) is 0 Å². The number of Topliss-reactive ketones (excluding diaryl/α,β-unsaturated/α-hetero) is 1.